The average molecular weight is 479 g/mol. The number of aromatic nitrogens is 2. The van der Waals surface area contributed by atoms with Crippen molar-refractivity contribution in [1.82, 2.24) is 10.2 Å². The summed E-state index contributed by atoms with van der Waals surface area (Å²) in [5.74, 6) is 0.863. The van der Waals surface area contributed by atoms with Crippen LogP contribution in [0.5, 0.6) is 5.75 Å². The van der Waals surface area contributed by atoms with E-state index in [9.17, 15) is 13.2 Å². The largest absolute Gasteiger partial charge is 0.497 e. The molecule has 0 bridgehead atoms. The van der Waals surface area contributed by atoms with E-state index in [1.165, 1.54) is 42.3 Å². The van der Waals surface area contributed by atoms with Crippen LogP contribution in [-0.2, 0) is 14.8 Å². The zero-order valence-corrected chi connectivity index (χ0v) is 19.7. The van der Waals surface area contributed by atoms with Gasteiger partial charge in [0.15, 0.2) is 4.34 Å². The summed E-state index contributed by atoms with van der Waals surface area (Å²) in [6.07, 6.45) is 0. The maximum Gasteiger partial charge on any atom is 0.264 e. The van der Waals surface area contributed by atoms with E-state index in [1.54, 1.807) is 36.4 Å². The average Bonchev–Trinajstić information content (AvgIpc) is 3.19. The van der Waals surface area contributed by atoms with E-state index in [0.717, 1.165) is 20.0 Å². The second-order valence-electron chi connectivity index (χ2n) is 6.38. The Balaban J connectivity index is 1.88. The third-order valence-electron chi connectivity index (χ3n) is 4.18. The van der Waals surface area contributed by atoms with Crippen LogP contribution in [0, 0.1) is 6.92 Å². The number of thioether (sulfide) groups is 1. The fraction of sp³-hybridized carbons (Fsp3) is 0.250. The summed E-state index contributed by atoms with van der Waals surface area (Å²) in [5.41, 5.74) is 1.36. The molecule has 0 saturated carbocycles. The molecule has 164 valence electrons. The number of methoxy groups -OCH3 is 1. The second kappa shape index (κ2) is 10.1. The quantitative estimate of drug-likeness (QED) is 0.369. The number of aryl methyl sites for hydroxylation is 1. The summed E-state index contributed by atoms with van der Waals surface area (Å²) in [6, 6.07) is 13.0. The van der Waals surface area contributed by atoms with Crippen LogP contribution in [0.3, 0.4) is 0 Å². The minimum atomic E-state index is -4.00. The topological polar surface area (TPSA) is 101 Å². The Morgan fingerprint density at radius 3 is 2.42 bits per heavy atom. The lowest BCUT2D eigenvalue weighted by Crippen LogP contribution is -2.38. The second-order valence-corrected chi connectivity index (χ2v) is 10.7. The van der Waals surface area contributed by atoms with Gasteiger partial charge in [0.2, 0.25) is 11.0 Å². The van der Waals surface area contributed by atoms with Crippen LogP contribution in [0.15, 0.2) is 57.8 Å². The molecule has 0 atom stereocenters. The number of benzene rings is 2. The third-order valence-corrected chi connectivity index (χ3v) is 7.82. The number of sulfonamides is 1. The zero-order valence-electron chi connectivity index (χ0n) is 17.2. The molecule has 8 nitrogen and oxygen atoms in total. The Morgan fingerprint density at radius 1 is 1.13 bits per heavy atom. The number of amides is 1. The third kappa shape index (κ3) is 5.75. The highest BCUT2D eigenvalue weighted by atomic mass is 32.2. The van der Waals surface area contributed by atoms with E-state index < -0.39 is 22.5 Å². The smallest absolute Gasteiger partial charge is 0.264 e. The maximum atomic E-state index is 13.4. The van der Waals surface area contributed by atoms with Crippen LogP contribution in [0.25, 0.3) is 0 Å². The maximum absolute atomic E-state index is 13.4. The zero-order chi connectivity index (χ0) is 22.4. The molecule has 31 heavy (non-hydrogen) atoms. The molecule has 0 spiro atoms. The van der Waals surface area contributed by atoms with E-state index in [4.69, 9.17) is 4.74 Å². The number of ether oxygens (including phenoxy) is 1. The van der Waals surface area contributed by atoms with Crippen molar-refractivity contribution in [2.24, 2.45) is 0 Å². The van der Waals surface area contributed by atoms with Gasteiger partial charge in [0, 0.05) is 0 Å². The molecule has 0 fully saturated rings. The predicted octanol–water partition coefficient (Wildman–Crippen LogP) is 3.80. The fourth-order valence-electron chi connectivity index (χ4n) is 2.63. The first-order chi connectivity index (χ1) is 14.8. The molecule has 3 rings (SSSR count). The summed E-state index contributed by atoms with van der Waals surface area (Å²) in [7, 11) is -2.50. The van der Waals surface area contributed by atoms with Crippen molar-refractivity contribution in [3.63, 3.8) is 0 Å². The molecular formula is C20H22N4O4S3. The van der Waals surface area contributed by atoms with Crippen molar-refractivity contribution >= 4 is 49.8 Å². The first-order valence-corrected chi connectivity index (χ1v) is 12.6. The highest BCUT2D eigenvalue weighted by Crippen LogP contribution is 2.27. The van der Waals surface area contributed by atoms with E-state index >= 15 is 0 Å². The lowest BCUT2D eigenvalue weighted by atomic mass is 10.2. The first-order valence-electron chi connectivity index (χ1n) is 9.33. The van der Waals surface area contributed by atoms with Crippen molar-refractivity contribution in [3.8, 4) is 5.75 Å². The molecule has 0 unspecified atom stereocenters. The molecule has 0 radical (unpaired) electrons. The van der Waals surface area contributed by atoms with Gasteiger partial charge in [0.1, 0.15) is 12.3 Å². The van der Waals surface area contributed by atoms with Gasteiger partial charge in [-0.1, -0.05) is 47.7 Å². The summed E-state index contributed by atoms with van der Waals surface area (Å²) < 4.78 is 33.7. The Morgan fingerprint density at radius 2 is 1.81 bits per heavy atom. The van der Waals surface area contributed by atoms with E-state index in [1.807, 2.05) is 13.8 Å². The molecule has 0 saturated heterocycles. The van der Waals surface area contributed by atoms with Gasteiger partial charge in [0.05, 0.1) is 17.7 Å². The van der Waals surface area contributed by atoms with Gasteiger partial charge in [-0.3, -0.25) is 14.4 Å². The number of hydrogen-bond donors (Lipinski definition) is 1. The van der Waals surface area contributed by atoms with Crippen LogP contribution in [0.2, 0.25) is 0 Å². The molecule has 1 aromatic heterocycles. The molecule has 1 amide bonds. The summed E-state index contributed by atoms with van der Waals surface area (Å²) >= 11 is 2.76. The van der Waals surface area contributed by atoms with Crippen molar-refractivity contribution in [3.05, 3.63) is 54.1 Å². The number of hydrogen-bond acceptors (Lipinski definition) is 8. The lowest BCUT2D eigenvalue weighted by molar-refractivity contribution is -0.114. The molecule has 0 aliphatic heterocycles. The highest BCUT2D eigenvalue weighted by molar-refractivity contribution is 8.01. The summed E-state index contributed by atoms with van der Waals surface area (Å²) in [5, 5.41) is 10.9. The van der Waals surface area contributed by atoms with Crippen LogP contribution >= 0.6 is 23.1 Å². The fourth-order valence-corrected chi connectivity index (χ4v) is 5.72. The lowest BCUT2D eigenvalue weighted by Gasteiger charge is -2.24. The van der Waals surface area contributed by atoms with Gasteiger partial charge in [-0.15, -0.1) is 10.2 Å². The predicted molar refractivity (Wildman–Crippen MR) is 124 cm³/mol. The Bertz CT molecular complexity index is 1130. The van der Waals surface area contributed by atoms with Gasteiger partial charge >= 0.3 is 0 Å². The number of carbonyl (C=O) groups is 1. The monoisotopic (exact) mass is 478 g/mol. The number of anilines is 2. The summed E-state index contributed by atoms with van der Waals surface area (Å²) in [4.78, 5) is 12.8. The normalized spacial score (nSPS) is 11.2. The molecule has 11 heteroatoms. The number of nitrogens with one attached hydrogen (secondary N) is 1. The summed E-state index contributed by atoms with van der Waals surface area (Å²) in [6.45, 7) is 3.49. The molecule has 2 aromatic carbocycles. The van der Waals surface area contributed by atoms with Crippen LogP contribution in [0.1, 0.15) is 12.5 Å². The highest BCUT2D eigenvalue weighted by Gasteiger charge is 2.27. The van der Waals surface area contributed by atoms with E-state index in [2.05, 4.69) is 15.5 Å². The van der Waals surface area contributed by atoms with Crippen LogP contribution in [0.4, 0.5) is 10.8 Å². The van der Waals surface area contributed by atoms with Gasteiger partial charge in [-0.2, -0.15) is 0 Å². The van der Waals surface area contributed by atoms with Crippen molar-refractivity contribution in [2.75, 3.05) is 29.0 Å². The van der Waals surface area contributed by atoms with E-state index in [0.29, 0.717) is 16.6 Å². The van der Waals surface area contributed by atoms with Gasteiger partial charge in [-0.05, 0) is 49.1 Å². The molecule has 1 N–H and O–H groups in total. The van der Waals surface area contributed by atoms with E-state index in [-0.39, 0.29) is 4.90 Å². The SMILES string of the molecule is CCSc1nnc(NC(=O)CN(c2ccc(C)cc2)S(=O)(=O)c2ccc(OC)cc2)s1. The Labute approximate surface area is 189 Å². The van der Waals surface area contributed by atoms with Gasteiger partial charge < -0.3 is 4.74 Å². The van der Waals surface area contributed by atoms with Crippen LogP contribution < -0.4 is 14.4 Å². The number of rotatable bonds is 9. The van der Waals surface area contributed by atoms with Crippen molar-refractivity contribution in [1.29, 1.82) is 0 Å². The standard InChI is InChI=1S/C20H22N4O4S3/c1-4-29-20-23-22-19(30-20)21-18(25)13-24(15-7-5-14(2)6-8-15)31(26,27)17-11-9-16(28-3)10-12-17/h5-12H,4,13H2,1-3H3,(H,21,22,25). The molecule has 0 aliphatic rings. The van der Waals surface area contributed by atoms with Crippen molar-refractivity contribution in [2.45, 2.75) is 23.1 Å². The Kier molecular flexibility index (Phi) is 7.52. The molecule has 0 aliphatic carbocycles. The number of nitrogens with zero attached hydrogens (tertiary/aromatic N) is 3. The van der Waals surface area contributed by atoms with Crippen LogP contribution in [-0.4, -0.2) is 43.9 Å². The van der Waals surface area contributed by atoms with Crippen molar-refractivity contribution < 1.29 is 17.9 Å². The minimum Gasteiger partial charge on any atom is -0.497 e. The Hall–Kier alpha value is -2.63. The van der Waals surface area contributed by atoms with Gasteiger partial charge in [0.25, 0.3) is 10.0 Å². The first kappa shape index (κ1) is 23.0. The molecule has 3 aromatic rings. The number of carbonyl (C=O) groups excluding carboxylic acids is 1. The minimum absolute atomic E-state index is 0.0548. The van der Waals surface area contributed by atoms with Gasteiger partial charge in [-0.25, -0.2) is 8.42 Å². The molecule has 1 heterocycles. The molecular weight excluding hydrogens is 456 g/mol.